The first kappa shape index (κ1) is 15.9. The highest BCUT2D eigenvalue weighted by Gasteiger charge is 2.17. The maximum atomic E-state index is 12.0. The third-order valence-corrected chi connectivity index (χ3v) is 2.83. The van der Waals surface area contributed by atoms with Gasteiger partial charge < -0.3 is 10.6 Å². The first-order valence-electron chi connectivity index (χ1n) is 6.39. The Hall–Kier alpha value is -1.08. The van der Waals surface area contributed by atoms with Crippen molar-refractivity contribution >= 4 is 5.91 Å². The molecule has 0 rings (SSSR count). The fraction of sp³-hybridized carbons (Fsp3) is 0.846. The van der Waals surface area contributed by atoms with Crippen LogP contribution in [0.25, 0.3) is 0 Å². The van der Waals surface area contributed by atoms with E-state index >= 15 is 0 Å². The van der Waals surface area contributed by atoms with Crippen molar-refractivity contribution in [3.8, 4) is 6.07 Å². The van der Waals surface area contributed by atoms with Crippen LogP contribution in [-0.4, -0.2) is 30.4 Å². The molecule has 0 radical (unpaired) electrons. The predicted octanol–water partition coefficient (Wildman–Crippen LogP) is 1.76. The number of hydrogen-bond donors (Lipinski definition) is 1. The van der Waals surface area contributed by atoms with Gasteiger partial charge in [-0.05, 0) is 31.7 Å². The highest BCUT2D eigenvalue weighted by Crippen LogP contribution is 2.15. The van der Waals surface area contributed by atoms with Crippen molar-refractivity contribution in [1.29, 1.82) is 5.26 Å². The number of nitrogens with zero attached hydrogens (tertiary/aromatic N) is 2. The van der Waals surface area contributed by atoms with E-state index in [0.717, 1.165) is 6.42 Å². The normalized spacial score (nSPS) is 12.2. The summed E-state index contributed by atoms with van der Waals surface area (Å²) in [6, 6.07) is 2.07. The lowest BCUT2D eigenvalue weighted by molar-refractivity contribution is -0.132. The SMILES string of the molecule is CCN(CCC#N)C(=O)CC(CN)CC(C)C. The highest BCUT2D eigenvalue weighted by molar-refractivity contribution is 5.76. The molecule has 4 heteroatoms. The number of amides is 1. The zero-order chi connectivity index (χ0) is 13.3. The van der Waals surface area contributed by atoms with Crippen molar-refractivity contribution in [2.24, 2.45) is 17.6 Å². The van der Waals surface area contributed by atoms with Gasteiger partial charge in [-0.1, -0.05) is 13.8 Å². The lowest BCUT2D eigenvalue weighted by atomic mass is 9.94. The maximum Gasteiger partial charge on any atom is 0.222 e. The first-order chi connectivity index (χ1) is 8.04. The fourth-order valence-corrected chi connectivity index (χ4v) is 1.95. The molecule has 0 aromatic carbocycles. The third-order valence-electron chi connectivity index (χ3n) is 2.83. The Labute approximate surface area is 105 Å². The van der Waals surface area contributed by atoms with E-state index in [0.29, 0.717) is 38.4 Å². The van der Waals surface area contributed by atoms with E-state index in [9.17, 15) is 4.79 Å². The molecule has 0 saturated heterocycles. The number of carbonyl (C=O) groups is 1. The van der Waals surface area contributed by atoms with Crippen LogP contribution >= 0.6 is 0 Å². The molecule has 0 aliphatic carbocycles. The molecule has 1 amide bonds. The van der Waals surface area contributed by atoms with Crippen LogP contribution in [0.15, 0.2) is 0 Å². The summed E-state index contributed by atoms with van der Waals surface area (Å²) < 4.78 is 0. The number of carbonyl (C=O) groups excluding carboxylic acids is 1. The quantitative estimate of drug-likeness (QED) is 0.701. The Morgan fingerprint density at radius 2 is 2.12 bits per heavy atom. The largest absolute Gasteiger partial charge is 0.342 e. The van der Waals surface area contributed by atoms with Crippen LogP contribution in [0.2, 0.25) is 0 Å². The highest BCUT2D eigenvalue weighted by atomic mass is 16.2. The first-order valence-corrected chi connectivity index (χ1v) is 6.39. The van der Waals surface area contributed by atoms with E-state index < -0.39 is 0 Å². The zero-order valence-corrected chi connectivity index (χ0v) is 11.3. The lowest BCUT2D eigenvalue weighted by Gasteiger charge is -2.23. The summed E-state index contributed by atoms with van der Waals surface area (Å²) in [5.74, 6) is 0.947. The van der Waals surface area contributed by atoms with Crippen molar-refractivity contribution in [1.82, 2.24) is 4.90 Å². The third kappa shape index (κ3) is 6.96. The number of nitriles is 1. The second kappa shape index (κ2) is 9.00. The van der Waals surface area contributed by atoms with Gasteiger partial charge in [0.1, 0.15) is 0 Å². The maximum absolute atomic E-state index is 12.0. The molecule has 0 saturated carbocycles. The van der Waals surface area contributed by atoms with Gasteiger partial charge in [-0.3, -0.25) is 4.79 Å². The smallest absolute Gasteiger partial charge is 0.222 e. The van der Waals surface area contributed by atoms with Crippen LogP contribution in [0.3, 0.4) is 0 Å². The molecule has 17 heavy (non-hydrogen) atoms. The summed E-state index contributed by atoms with van der Waals surface area (Å²) in [6.45, 7) is 7.97. The van der Waals surface area contributed by atoms with Crippen LogP contribution in [0.5, 0.6) is 0 Å². The van der Waals surface area contributed by atoms with Crippen LogP contribution in [-0.2, 0) is 4.79 Å². The molecule has 1 unspecified atom stereocenters. The van der Waals surface area contributed by atoms with Crippen LogP contribution in [0.1, 0.15) is 40.0 Å². The molecule has 0 aliphatic heterocycles. The number of rotatable bonds is 8. The van der Waals surface area contributed by atoms with Crippen LogP contribution in [0, 0.1) is 23.2 Å². The van der Waals surface area contributed by atoms with Crippen molar-refractivity contribution < 1.29 is 4.79 Å². The molecular weight excluding hydrogens is 214 g/mol. The Bertz CT molecular complexity index is 258. The van der Waals surface area contributed by atoms with Crippen molar-refractivity contribution in [2.45, 2.75) is 40.0 Å². The second-order valence-corrected chi connectivity index (χ2v) is 4.82. The topological polar surface area (TPSA) is 70.1 Å². The van der Waals surface area contributed by atoms with Gasteiger partial charge in [-0.2, -0.15) is 5.26 Å². The molecule has 1 atom stereocenters. The van der Waals surface area contributed by atoms with E-state index in [1.807, 2.05) is 6.92 Å². The summed E-state index contributed by atoms with van der Waals surface area (Å²) >= 11 is 0. The fourth-order valence-electron chi connectivity index (χ4n) is 1.95. The minimum Gasteiger partial charge on any atom is -0.342 e. The van der Waals surface area contributed by atoms with Gasteiger partial charge in [-0.25, -0.2) is 0 Å². The molecule has 98 valence electrons. The van der Waals surface area contributed by atoms with Gasteiger partial charge in [0.05, 0.1) is 12.5 Å². The molecule has 0 spiro atoms. The van der Waals surface area contributed by atoms with E-state index in [-0.39, 0.29) is 11.8 Å². The monoisotopic (exact) mass is 239 g/mol. The van der Waals surface area contributed by atoms with Crippen molar-refractivity contribution in [2.75, 3.05) is 19.6 Å². The van der Waals surface area contributed by atoms with E-state index in [1.54, 1.807) is 4.90 Å². The summed E-state index contributed by atoms with van der Waals surface area (Å²) in [4.78, 5) is 13.7. The average Bonchev–Trinajstić information content (AvgIpc) is 2.28. The summed E-state index contributed by atoms with van der Waals surface area (Å²) in [6.07, 6.45) is 1.89. The summed E-state index contributed by atoms with van der Waals surface area (Å²) in [5, 5.41) is 8.53. The summed E-state index contributed by atoms with van der Waals surface area (Å²) in [5.41, 5.74) is 5.69. The average molecular weight is 239 g/mol. The van der Waals surface area contributed by atoms with E-state index in [4.69, 9.17) is 11.0 Å². The van der Waals surface area contributed by atoms with Crippen LogP contribution in [0.4, 0.5) is 0 Å². The molecule has 2 N–H and O–H groups in total. The molecule has 0 aliphatic rings. The van der Waals surface area contributed by atoms with E-state index in [1.165, 1.54) is 0 Å². The van der Waals surface area contributed by atoms with Gasteiger partial charge in [0.2, 0.25) is 5.91 Å². The Kier molecular flexibility index (Phi) is 8.43. The Balaban J connectivity index is 4.22. The lowest BCUT2D eigenvalue weighted by Crippen LogP contribution is -2.34. The molecule has 0 aromatic rings. The Morgan fingerprint density at radius 3 is 2.53 bits per heavy atom. The summed E-state index contributed by atoms with van der Waals surface area (Å²) in [7, 11) is 0. The second-order valence-electron chi connectivity index (χ2n) is 4.82. The number of hydrogen-bond acceptors (Lipinski definition) is 3. The molecule has 0 fully saturated rings. The van der Waals surface area contributed by atoms with Crippen molar-refractivity contribution in [3.63, 3.8) is 0 Å². The standard InChI is InChI=1S/C13H25N3O/c1-4-16(7-5-6-14)13(17)9-12(10-15)8-11(2)3/h11-12H,4-5,7-10,15H2,1-3H3. The predicted molar refractivity (Wildman–Crippen MR) is 69.1 cm³/mol. The van der Waals surface area contributed by atoms with Gasteiger partial charge in [-0.15, -0.1) is 0 Å². The zero-order valence-electron chi connectivity index (χ0n) is 11.3. The molecule has 4 nitrogen and oxygen atoms in total. The van der Waals surface area contributed by atoms with Gasteiger partial charge in [0.15, 0.2) is 0 Å². The minimum absolute atomic E-state index is 0.124. The molecular formula is C13H25N3O. The van der Waals surface area contributed by atoms with Gasteiger partial charge in [0, 0.05) is 19.5 Å². The number of nitrogens with two attached hydrogens (primary N) is 1. The van der Waals surface area contributed by atoms with E-state index in [2.05, 4.69) is 19.9 Å². The van der Waals surface area contributed by atoms with Gasteiger partial charge in [0.25, 0.3) is 0 Å². The molecule has 0 heterocycles. The van der Waals surface area contributed by atoms with Gasteiger partial charge >= 0.3 is 0 Å². The minimum atomic E-state index is 0.124. The molecule has 0 aromatic heterocycles. The van der Waals surface area contributed by atoms with Crippen LogP contribution < -0.4 is 5.73 Å². The molecule has 0 bridgehead atoms. The Morgan fingerprint density at radius 1 is 1.47 bits per heavy atom. The van der Waals surface area contributed by atoms with Crippen molar-refractivity contribution in [3.05, 3.63) is 0 Å².